The Morgan fingerprint density at radius 1 is 1.00 bits per heavy atom. The Kier molecular flexibility index (Phi) is 5.71. The van der Waals surface area contributed by atoms with Gasteiger partial charge in [0.25, 0.3) is 0 Å². The van der Waals surface area contributed by atoms with Crippen LogP contribution in [-0.2, 0) is 20.2 Å². The Hall–Kier alpha value is -4.31. The van der Waals surface area contributed by atoms with Crippen LogP contribution in [0.1, 0.15) is 19.4 Å². The van der Waals surface area contributed by atoms with Crippen LogP contribution in [0.4, 0.5) is 11.5 Å². The van der Waals surface area contributed by atoms with Gasteiger partial charge in [0.2, 0.25) is 5.91 Å². The van der Waals surface area contributed by atoms with Gasteiger partial charge in [-0.25, -0.2) is 18.1 Å². The van der Waals surface area contributed by atoms with E-state index in [0.717, 1.165) is 38.5 Å². The summed E-state index contributed by atoms with van der Waals surface area (Å²) in [6.45, 7) is 5.49. The van der Waals surface area contributed by atoms with Crippen molar-refractivity contribution in [1.82, 2.24) is 19.7 Å². The minimum absolute atomic E-state index is 0.254. The molecule has 0 bridgehead atoms. The molecule has 0 aliphatic heterocycles. The van der Waals surface area contributed by atoms with Gasteiger partial charge in [-0.15, -0.1) is 0 Å². The summed E-state index contributed by atoms with van der Waals surface area (Å²) < 4.78 is 25.1. The van der Waals surface area contributed by atoms with E-state index in [1.165, 1.54) is 6.26 Å². The maximum Gasteiger partial charge on any atom is 0.244 e. The molecule has 0 aliphatic rings. The quantitative estimate of drug-likeness (QED) is 0.345. The molecule has 0 fully saturated rings. The Morgan fingerprint density at radius 2 is 1.73 bits per heavy atom. The minimum Gasteiger partial charge on any atom is -0.368 e. The molecule has 2 aromatic carbocycles. The summed E-state index contributed by atoms with van der Waals surface area (Å²) >= 11 is 0. The molecule has 37 heavy (non-hydrogen) atoms. The van der Waals surface area contributed by atoms with E-state index in [1.807, 2.05) is 31.2 Å². The number of carbonyl (C=O) groups is 1. The molecular weight excluding hydrogens is 488 g/mol. The van der Waals surface area contributed by atoms with Gasteiger partial charge in [-0.1, -0.05) is 6.07 Å². The summed E-state index contributed by atoms with van der Waals surface area (Å²) in [5, 5.41) is 10.4. The van der Waals surface area contributed by atoms with Gasteiger partial charge in [0.15, 0.2) is 9.84 Å². The smallest absolute Gasteiger partial charge is 0.244 e. The first kappa shape index (κ1) is 24.4. The van der Waals surface area contributed by atoms with E-state index in [-0.39, 0.29) is 4.90 Å². The van der Waals surface area contributed by atoms with Crippen molar-refractivity contribution in [2.24, 2.45) is 5.73 Å². The molecule has 0 radical (unpaired) electrons. The zero-order valence-corrected chi connectivity index (χ0v) is 21.7. The highest BCUT2D eigenvalue weighted by molar-refractivity contribution is 7.90. The van der Waals surface area contributed by atoms with Gasteiger partial charge in [0.05, 0.1) is 22.3 Å². The molecule has 0 spiro atoms. The van der Waals surface area contributed by atoms with Crippen molar-refractivity contribution in [3.05, 3.63) is 72.7 Å². The number of fused-ring (bicyclic) bond motifs is 2. The number of anilines is 2. The number of pyridine rings is 2. The first-order valence-corrected chi connectivity index (χ1v) is 13.5. The molecule has 3 N–H and O–H groups in total. The normalized spacial score (nSPS) is 12.2. The van der Waals surface area contributed by atoms with E-state index in [2.05, 4.69) is 15.4 Å². The lowest BCUT2D eigenvalue weighted by Gasteiger charge is -2.22. The van der Waals surface area contributed by atoms with Crippen LogP contribution < -0.4 is 11.1 Å². The average Bonchev–Trinajstić information content (AvgIpc) is 3.30. The summed E-state index contributed by atoms with van der Waals surface area (Å²) in [7, 11) is -3.27. The number of sulfone groups is 1. The Labute approximate surface area is 214 Å². The van der Waals surface area contributed by atoms with Crippen LogP contribution in [0.5, 0.6) is 0 Å². The van der Waals surface area contributed by atoms with Crippen LogP contribution in [-0.4, -0.2) is 40.3 Å². The second-order valence-corrected chi connectivity index (χ2v) is 11.5. The van der Waals surface area contributed by atoms with E-state index in [9.17, 15) is 13.2 Å². The van der Waals surface area contributed by atoms with E-state index >= 15 is 0 Å². The highest BCUT2D eigenvalue weighted by Gasteiger charge is 2.30. The summed E-state index contributed by atoms with van der Waals surface area (Å²) in [5.74, 6) is 0.136. The highest BCUT2D eigenvalue weighted by atomic mass is 32.2. The molecule has 0 unspecified atom stereocenters. The fourth-order valence-electron chi connectivity index (χ4n) is 4.33. The number of carbonyl (C=O) groups excluding carboxylic acids is 1. The van der Waals surface area contributed by atoms with Crippen LogP contribution in [0.3, 0.4) is 0 Å². The van der Waals surface area contributed by atoms with Gasteiger partial charge in [0, 0.05) is 46.1 Å². The standard InChI is InChI=1S/C27H26N6O3S/c1-16-20(9-10-23-22(16)15-31-33(23)27(2,3)26(28)34)25-21-13-24(30-14-17(21)11-12-29-25)32-18-5-7-19(8-6-18)37(4,35)36/h5-15H,1-4H3,(H2,28,34)(H,30,32). The fraction of sp³-hybridized carbons (Fsp3) is 0.185. The second-order valence-electron chi connectivity index (χ2n) is 9.52. The molecule has 0 saturated heterocycles. The van der Waals surface area contributed by atoms with Crippen molar-refractivity contribution in [3.8, 4) is 11.3 Å². The van der Waals surface area contributed by atoms with E-state index < -0.39 is 21.3 Å². The minimum atomic E-state index is -3.27. The number of nitrogens with two attached hydrogens (primary N) is 1. The van der Waals surface area contributed by atoms with Crippen molar-refractivity contribution in [2.75, 3.05) is 11.6 Å². The third-order valence-corrected chi connectivity index (χ3v) is 7.74. The first-order chi connectivity index (χ1) is 17.5. The molecule has 0 saturated carbocycles. The van der Waals surface area contributed by atoms with Crippen molar-refractivity contribution in [2.45, 2.75) is 31.2 Å². The number of hydrogen-bond donors (Lipinski definition) is 2. The first-order valence-electron chi connectivity index (χ1n) is 11.6. The summed E-state index contributed by atoms with van der Waals surface area (Å²) in [4.78, 5) is 21.5. The van der Waals surface area contributed by atoms with Gasteiger partial charge in [-0.3, -0.25) is 9.78 Å². The third kappa shape index (κ3) is 4.29. The van der Waals surface area contributed by atoms with Crippen LogP contribution in [0, 0.1) is 6.92 Å². The number of amides is 1. The van der Waals surface area contributed by atoms with E-state index in [4.69, 9.17) is 10.7 Å². The predicted molar refractivity (Wildman–Crippen MR) is 144 cm³/mol. The van der Waals surface area contributed by atoms with E-state index in [0.29, 0.717) is 11.5 Å². The maximum absolute atomic E-state index is 12.0. The number of nitrogens with zero attached hydrogens (tertiary/aromatic N) is 4. The van der Waals surface area contributed by atoms with Crippen LogP contribution in [0.25, 0.3) is 32.9 Å². The average molecular weight is 515 g/mol. The van der Waals surface area contributed by atoms with Crippen molar-refractivity contribution < 1.29 is 13.2 Å². The van der Waals surface area contributed by atoms with Gasteiger partial charge in [-0.05, 0) is 68.8 Å². The Morgan fingerprint density at radius 3 is 2.41 bits per heavy atom. The monoisotopic (exact) mass is 514 g/mol. The molecule has 0 aliphatic carbocycles. The topological polar surface area (TPSA) is 133 Å². The van der Waals surface area contributed by atoms with Crippen LogP contribution >= 0.6 is 0 Å². The molecular formula is C27H26N6O3S. The summed E-state index contributed by atoms with van der Waals surface area (Å²) in [5.41, 5.74) is 8.88. The van der Waals surface area contributed by atoms with Crippen molar-refractivity contribution >= 4 is 48.9 Å². The summed E-state index contributed by atoms with van der Waals surface area (Å²) in [6.07, 6.45) is 6.45. The van der Waals surface area contributed by atoms with Crippen molar-refractivity contribution in [1.29, 1.82) is 0 Å². The molecule has 5 rings (SSSR count). The Bertz CT molecular complexity index is 1790. The number of hydrogen-bond acceptors (Lipinski definition) is 7. The molecule has 3 heterocycles. The van der Waals surface area contributed by atoms with Gasteiger partial charge in [0.1, 0.15) is 11.4 Å². The number of benzene rings is 2. The van der Waals surface area contributed by atoms with Gasteiger partial charge < -0.3 is 11.1 Å². The van der Waals surface area contributed by atoms with Crippen LogP contribution in [0.15, 0.2) is 72.0 Å². The maximum atomic E-state index is 12.0. The fourth-order valence-corrected chi connectivity index (χ4v) is 4.96. The molecule has 10 heteroatoms. The lowest BCUT2D eigenvalue weighted by molar-refractivity contribution is -0.125. The highest BCUT2D eigenvalue weighted by Crippen LogP contribution is 2.35. The number of aromatic nitrogens is 4. The molecule has 0 atom stereocenters. The molecule has 188 valence electrons. The van der Waals surface area contributed by atoms with Gasteiger partial charge >= 0.3 is 0 Å². The molecule has 1 amide bonds. The second kappa shape index (κ2) is 8.67. The van der Waals surface area contributed by atoms with Crippen LogP contribution in [0.2, 0.25) is 0 Å². The van der Waals surface area contributed by atoms with E-state index in [1.54, 1.807) is 61.4 Å². The zero-order valence-electron chi connectivity index (χ0n) is 20.9. The van der Waals surface area contributed by atoms with Crippen molar-refractivity contribution in [3.63, 3.8) is 0 Å². The zero-order chi connectivity index (χ0) is 26.5. The molecule has 3 aromatic heterocycles. The predicted octanol–water partition coefficient (Wildman–Crippen LogP) is 4.32. The number of nitrogens with one attached hydrogen (secondary N) is 1. The number of primary amides is 1. The number of rotatable bonds is 6. The molecule has 5 aromatic rings. The lowest BCUT2D eigenvalue weighted by Crippen LogP contribution is -2.41. The van der Waals surface area contributed by atoms with Gasteiger partial charge in [-0.2, -0.15) is 5.10 Å². The third-order valence-electron chi connectivity index (χ3n) is 6.61. The number of aryl methyl sites for hydroxylation is 1. The largest absolute Gasteiger partial charge is 0.368 e. The Balaban J connectivity index is 1.57. The summed E-state index contributed by atoms with van der Waals surface area (Å²) in [6, 6.07) is 14.3. The molecule has 9 nitrogen and oxygen atoms in total. The lowest BCUT2D eigenvalue weighted by atomic mass is 9.97. The SMILES string of the molecule is Cc1c(-c2nccc3cnc(Nc4ccc(S(C)(=O)=O)cc4)cc23)ccc2c1cnn2C(C)(C)C(N)=O.